The van der Waals surface area contributed by atoms with E-state index < -0.39 is 20.4 Å². The van der Waals surface area contributed by atoms with Crippen LogP contribution in [0.3, 0.4) is 0 Å². The fourth-order valence-corrected chi connectivity index (χ4v) is 8.96. The Balaban J connectivity index is 2.01. The van der Waals surface area contributed by atoms with E-state index in [1.54, 1.807) is 24.3 Å². The molecule has 4 rings (SSSR count). The van der Waals surface area contributed by atoms with Crippen molar-refractivity contribution < 1.29 is 12.0 Å². The third kappa shape index (κ3) is 4.83. The minimum Gasteiger partial charge on any atom is -0.203 e. The highest BCUT2D eigenvalue weighted by molar-refractivity contribution is 8.33. The van der Waals surface area contributed by atoms with Crippen molar-refractivity contribution in [2.24, 2.45) is 0 Å². The predicted molar refractivity (Wildman–Crippen MR) is 140 cm³/mol. The van der Waals surface area contributed by atoms with Gasteiger partial charge >= 0.3 is 10.1 Å². The lowest BCUT2D eigenvalue weighted by Gasteiger charge is -2.39. The fourth-order valence-electron chi connectivity index (χ4n) is 3.78. The third-order valence-corrected chi connectivity index (χ3v) is 11.1. The van der Waals surface area contributed by atoms with Crippen LogP contribution in [0.25, 0.3) is 0 Å². The van der Waals surface area contributed by atoms with E-state index in [1.165, 1.54) is 5.56 Å². The molecule has 4 aromatic rings. The van der Waals surface area contributed by atoms with Crippen LogP contribution in [-0.4, -0.2) is 8.42 Å². The van der Waals surface area contributed by atoms with Gasteiger partial charge in [0.15, 0.2) is 0 Å². The molecule has 0 atom stereocenters. The van der Waals surface area contributed by atoms with Gasteiger partial charge in [-0.15, -0.1) is 0 Å². The molecule has 4 aromatic carbocycles. The Kier molecular flexibility index (Phi) is 6.99. The average molecular weight is 491 g/mol. The van der Waals surface area contributed by atoms with E-state index in [0.717, 1.165) is 37.8 Å². The van der Waals surface area contributed by atoms with Crippen LogP contribution in [0.15, 0.2) is 117 Å². The molecule has 0 aliphatic heterocycles. The highest BCUT2D eigenvalue weighted by atomic mass is 32.3. The summed E-state index contributed by atoms with van der Waals surface area (Å²) in [5, 5.41) is 0. The van der Waals surface area contributed by atoms with Crippen LogP contribution < -0.4 is 0 Å². The molecule has 34 heavy (non-hydrogen) atoms. The highest BCUT2D eigenvalue weighted by Gasteiger charge is 2.38. The lowest BCUT2D eigenvalue weighted by molar-refractivity contribution is 0.508. The summed E-state index contributed by atoms with van der Waals surface area (Å²) in [7, 11) is -6.67. The van der Waals surface area contributed by atoms with E-state index in [9.17, 15) is 8.42 Å². The van der Waals surface area contributed by atoms with Gasteiger partial charge in [-0.05, 0) is 91.6 Å². The van der Waals surface area contributed by atoms with Crippen LogP contribution in [0.4, 0.5) is 0 Å². The zero-order valence-electron chi connectivity index (χ0n) is 20.0. The van der Waals surface area contributed by atoms with Crippen molar-refractivity contribution in [3.63, 3.8) is 0 Å². The van der Waals surface area contributed by atoms with Gasteiger partial charge in [0.05, 0.1) is 4.90 Å². The van der Waals surface area contributed by atoms with Crippen LogP contribution in [0.2, 0.25) is 0 Å². The molecule has 3 nitrogen and oxygen atoms in total. The van der Waals surface area contributed by atoms with E-state index in [1.807, 2.05) is 81.4 Å². The SMILES string of the molecule is CCc1ccc(S(OS(=O)(=O)c2ccc(C)cc2)(c2ccc(C)cc2)c2ccc(C)cc2)cc1. The lowest BCUT2D eigenvalue weighted by atomic mass is 10.2. The first kappa shape index (κ1) is 24.3. The number of aryl methyl sites for hydroxylation is 4. The molecular weight excluding hydrogens is 460 g/mol. The molecule has 0 N–H and O–H groups in total. The van der Waals surface area contributed by atoms with Crippen molar-refractivity contribution in [2.75, 3.05) is 0 Å². The van der Waals surface area contributed by atoms with E-state index in [4.69, 9.17) is 3.63 Å². The fraction of sp³-hybridized carbons (Fsp3) is 0.172. The van der Waals surface area contributed by atoms with Gasteiger partial charge in [0, 0.05) is 14.7 Å². The second-order valence-corrected chi connectivity index (χ2v) is 13.0. The second kappa shape index (κ2) is 9.79. The maximum Gasteiger partial charge on any atom is 0.307 e. The Morgan fingerprint density at radius 1 is 0.529 bits per heavy atom. The Morgan fingerprint density at radius 3 is 1.21 bits per heavy atom. The normalized spacial score (nSPS) is 12.5. The van der Waals surface area contributed by atoms with Crippen molar-refractivity contribution in [2.45, 2.75) is 53.7 Å². The Morgan fingerprint density at radius 2 is 0.853 bits per heavy atom. The Labute approximate surface area is 205 Å². The van der Waals surface area contributed by atoms with Gasteiger partial charge in [-0.1, -0.05) is 72.1 Å². The standard InChI is InChI=1S/C29H30O3S2/c1-5-25-12-20-28(21-13-25)33(26-14-6-22(2)7-15-26,27-16-8-23(3)9-17-27)32-34(30,31)29-18-10-24(4)11-19-29/h6-21H,5H2,1-4H3. The summed E-state index contributed by atoms with van der Waals surface area (Å²) in [6.07, 6.45) is 0.903. The zero-order valence-corrected chi connectivity index (χ0v) is 21.6. The number of hydrogen-bond acceptors (Lipinski definition) is 3. The molecule has 0 radical (unpaired) electrons. The summed E-state index contributed by atoms with van der Waals surface area (Å²) in [5.74, 6) is 0. The summed E-state index contributed by atoms with van der Waals surface area (Å²) < 4.78 is 33.9. The molecule has 0 aliphatic rings. The number of hydrogen-bond donors (Lipinski definition) is 0. The molecule has 0 unspecified atom stereocenters. The Hall–Kier alpha value is -2.86. The van der Waals surface area contributed by atoms with E-state index in [-0.39, 0.29) is 4.90 Å². The van der Waals surface area contributed by atoms with Gasteiger partial charge in [-0.3, -0.25) is 0 Å². The van der Waals surface area contributed by atoms with Gasteiger partial charge in [-0.25, -0.2) is 3.63 Å². The van der Waals surface area contributed by atoms with Gasteiger partial charge in [0.25, 0.3) is 0 Å². The van der Waals surface area contributed by atoms with E-state index >= 15 is 0 Å². The molecule has 0 aromatic heterocycles. The van der Waals surface area contributed by atoms with Crippen molar-refractivity contribution in [1.29, 1.82) is 0 Å². The molecule has 0 fully saturated rings. The molecule has 0 amide bonds. The largest absolute Gasteiger partial charge is 0.307 e. The van der Waals surface area contributed by atoms with Gasteiger partial charge in [0.2, 0.25) is 0 Å². The number of rotatable bonds is 7. The summed E-state index contributed by atoms with van der Waals surface area (Å²) in [6, 6.07) is 30.9. The topological polar surface area (TPSA) is 43.4 Å². The summed E-state index contributed by atoms with van der Waals surface area (Å²) in [6.45, 7) is 8.08. The smallest absolute Gasteiger partial charge is 0.203 e. The molecule has 0 saturated carbocycles. The second-order valence-electron chi connectivity index (χ2n) is 8.52. The van der Waals surface area contributed by atoms with E-state index in [2.05, 4.69) is 19.1 Å². The van der Waals surface area contributed by atoms with Crippen molar-refractivity contribution >= 4 is 20.4 Å². The van der Waals surface area contributed by atoms with Crippen molar-refractivity contribution in [3.05, 3.63) is 119 Å². The maximum absolute atomic E-state index is 13.7. The van der Waals surface area contributed by atoms with Crippen LogP contribution in [-0.2, 0) is 20.2 Å². The summed E-state index contributed by atoms with van der Waals surface area (Å²) >= 11 is 0. The van der Waals surface area contributed by atoms with E-state index in [0.29, 0.717) is 0 Å². The lowest BCUT2D eigenvalue weighted by Crippen LogP contribution is -2.14. The molecule has 5 heteroatoms. The Bertz CT molecular complexity index is 1310. The highest BCUT2D eigenvalue weighted by Crippen LogP contribution is 2.70. The van der Waals surface area contributed by atoms with Gasteiger partial charge in [0.1, 0.15) is 0 Å². The first-order chi connectivity index (χ1) is 16.2. The maximum atomic E-state index is 13.7. The summed E-state index contributed by atoms with van der Waals surface area (Å²) in [5.41, 5.74) is 4.38. The van der Waals surface area contributed by atoms with Crippen molar-refractivity contribution in [3.8, 4) is 0 Å². The van der Waals surface area contributed by atoms with Crippen LogP contribution in [0.1, 0.15) is 29.2 Å². The molecule has 176 valence electrons. The first-order valence-electron chi connectivity index (χ1n) is 11.3. The quantitative estimate of drug-likeness (QED) is 0.266. The van der Waals surface area contributed by atoms with Gasteiger partial charge < -0.3 is 0 Å². The summed E-state index contributed by atoms with van der Waals surface area (Å²) in [4.78, 5) is 2.66. The molecule has 0 heterocycles. The zero-order chi connectivity index (χ0) is 24.3. The first-order valence-corrected chi connectivity index (χ1v) is 14.3. The van der Waals surface area contributed by atoms with Crippen LogP contribution >= 0.6 is 10.3 Å². The molecule has 0 bridgehead atoms. The minimum absolute atomic E-state index is 0.152. The monoisotopic (exact) mass is 490 g/mol. The van der Waals surface area contributed by atoms with Crippen molar-refractivity contribution in [1.82, 2.24) is 0 Å². The molecule has 0 spiro atoms. The molecule has 0 saturated heterocycles. The third-order valence-electron chi connectivity index (χ3n) is 5.87. The minimum atomic E-state index is -4.08. The number of benzene rings is 4. The van der Waals surface area contributed by atoms with Gasteiger partial charge in [-0.2, -0.15) is 8.42 Å². The average Bonchev–Trinajstić information content (AvgIpc) is 2.84. The van der Waals surface area contributed by atoms with Crippen LogP contribution in [0, 0.1) is 20.8 Å². The molecule has 0 aliphatic carbocycles. The predicted octanol–water partition coefficient (Wildman–Crippen LogP) is 7.78. The van der Waals surface area contributed by atoms with Crippen LogP contribution in [0.5, 0.6) is 0 Å². The molecular formula is C29H30O3S2.